The number of thiocarbonyl (C=S) groups is 1. The third-order valence-electron chi connectivity index (χ3n) is 3.21. The zero-order chi connectivity index (χ0) is 14.0. The van der Waals surface area contributed by atoms with Crippen molar-refractivity contribution >= 4 is 38.8 Å². The van der Waals surface area contributed by atoms with Gasteiger partial charge in [-0.25, -0.2) is 8.42 Å². The van der Waals surface area contributed by atoms with Crippen LogP contribution in [0.25, 0.3) is 0 Å². The SMILES string of the molecule is NC(=S)C1CCCCN1S(=O)(=O)c1ccccc1Cl. The van der Waals surface area contributed by atoms with Gasteiger partial charge in [-0.15, -0.1) is 0 Å². The van der Waals surface area contributed by atoms with Gasteiger partial charge in [0.2, 0.25) is 10.0 Å². The van der Waals surface area contributed by atoms with E-state index >= 15 is 0 Å². The van der Waals surface area contributed by atoms with Crippen LogP contribution in [0.4, 0.5) is 0 Å². The molecule has 1 heterocycles. The lowest BCUT2D eigenvalue weighted by Gasteiger charge is -2.34. The van der Waals surface area contributed by atoms with Gasteiger partial charge in [0.15, 0.2) is 0 Å². The van der Waals surface area contributed by atoms with Crippen LogP contribution in [0.2, 0.25) is 5.02 Å². The van der Waals surface area contributed by atoms with Crippen LogP contribution in [0.1, 0.15) is 19.3 Å². The fourth-order valence-corrected chi connectivity index (χ4v) is 4.74. The van der Waals surface area contributed by atoms with Gasteiger partial charge in [0.1, 0.15) is 4.90 Å². The third kappa shape index (κ3) is 2.91. The maximum absolute atomic E-state index is 12.6. The summed E-state index contributed by atoms with van der Waals surface area (Å²) in [6.45, 7) is 0.426. The Labute approximate surface area is 123 Å². The molecule has 1 fully saturated rings. The Hall–Kier alpha value is -0.690. The van der Waals surface area contributed by atoms with Crippen LogP contribution in [-0.4, -0.2) is 30.3 Å². The van der Waals surface area contributed by atoms with E-state index in [2.05, 4.69) is 0 Å². The van der Waals surface area contributed by atoms with Crippen molar-refractivity contribution in [1.29, 1.82) is 0 Å². The second-order valence-electron chi connectivity index (χ2n) is 4.46. The van der Waals surface area contributed by atoms with Crippen molar-refractivity contribution in [2.45, 2.75) is 30.2 Å². The summed E-state index contributed by atoms with van der Waals surface area (Å²) in [7, 11) is -3.65. The van der Waals surface area contributed by atoms with E-state index in [0.717, 1.165) is 12.8 Å². The summed E-state index contributed by atoms with van der Waals surface area (Å²) in [5.74, 6) is 0. The largest absolute Gasteiger partial charge is 0.392 e. The highest BCUT2D eigenvalue weighted by molar-refractivity contribution is 7.89. The molecule has 7 heteroatoms. The Morgan fingerprint density at radius 3 is 2.68 bits per heavy atom. The maximum atomic E-state index is 12.6. The topological polar surface area (TPSA) is 63.4 Å². The lowest BCUT2D eigenvalue weighted by Crippen LogP contribution is -2.49. The molecule has 1 saturated heterocycles. The first-order valence-corrected chi connectivity index (χ1v) is 8.23. The van der Waals surface area contributed by atoms with Crippen LogP contribution >= 0.6 is 23.8 Å². The van der Waals surface area contributed by atoms with Crippen LogP contribution in [-0.2, 0) is 10.0 Å². The van der Waals surface area contributed by atoms with Crippen LogP contribution in [0, 0.1) is 0 Å². The number of rotatable bonds is 3. The number of hydrogen-bond donors (Lipinski definition) is 1. The number of nitrogens with two attached hydrogens (primary N) is 1. The summed E-state index contributed by atoms with van der Waals surface area (Å²) in [5.41, 5.74) is 5.66. The van der Waals surface area contributed by atoms with Gasteiger partial charge >= 0.3 is 0 Å². The van der Waals surface area contributed by atoms with Gasteiger partial charge in [0.05, 0.1) is 16.1 Å². The molecular formula is C12H15ClN2O2S2. The Kier molecular flexibility index (Phi) is 4.45. The van der Waals surface area contributed by atoms with Crippen LogP contribution < -0.4 is 5.73 Å². The minimum absolute atomic E-state index is 0.111. The van der Waals surface area contributed by atoms with Crippen molar-refractivity contribution in [1.82, 2.24) is 4.31 Å². The smallest absolute Gasteiger partial charge is 0.245 e. The first-order chi connectivity index (χ1) is 8.94. The van der Waals surface area contributed by atoms with Crippen molar-refractivity contribution in [3.05, 3.63) is 29.3 Å². The number of hydrogen-bond acceptors (Lipinski definition) is 3. The molecule has 104 valence electrons. The highest BCUT2D eigenvalue weighted by atomic mass is 35.5. The van der Waals surface area contributed by atoms with E-state index in [9.17, 15) is 8.42 Å². The summed E-state index contributed by atoms with van der Waals surface area (Å²) in [5, 5.41) is 0.217. The molecule has 0 aliphatic carbocycles. The van der Waals surface area contributed by atoms with Gasteiger partial charge in [-0.2, -0.15) is 4.31 Å². The molecule has 1 atom stereocenters. The zero-order valence-electron chi connectivity index (χ0n) is 10.3. The minimum Gasteiger partial charge on any atom is -0.392 e. The molecule has 0 radical (unpaired) electrons. The standard InChI is InChI=1S/C12H15ClN2O2S2/c13-9-5-1-2-7-11(9)19(16,17)15-8-4-3-6-10(15)12(14)18/h1-2,5,7,10H,3-4,6,8H2,(H2,14,18). The highest BCUT2D eigenvalue weighted by Crippen LogP contribution is 2.29. The van der Waals surface area contributed by atoms with E-state index in [-0.39, 0.29) is 14.9 Å². The first-order valence-electron chi connectivity index (χ1n) is 6.00. The molecule has 19 heavy (non-hydrogen) atoms. The van der Waals surface area contributed by atoms with Crippen molar-refractivity contribution < 1.29 is 8.42 Å². The Morgan fingerprint density at radius 1 is 1.37 bits per heavy atom. The number of piperidine rings is 1. The molecule has 4 nitrogen and oxygen atoms in total. The average Bonchev–Trinajstić information content (AvgIpc) is 2.39. The Balaban J connectivity index is 2.43. The van der Waals surface area contributed by atoms with Crippen molar-refractivity contribution in [2.24, 2.45) is 5.73 Å². The van der Waals surface area contributed by atoms with E-state index in [1.54, 1.807) is 18.2 Å². The predicted molar refractivity (Wildman–Crippen MR) is 79.8 cm³/mol. The summed E-state index contributed by atoms with van der Waals surface area (Å²) >= 11 is 11.0. The molecule has 0 bridgehead atoms. The van der Waals surface area contributed by atoms with Crippen LogP contribution in [0.3, 0.4) is 0 Å². The molecule has 2 rings (SSSR count). The number of halogens is 1. The normalized spacial score (nSPS) is 21.2. The lowest BCUT2D eigenvalue weighted by molar-refractivity contribution is 0.306. The van der Waals surface area contributed by atoms with Crippen molar-refractivity contribution in [3.63, 3.8) is 0 Å². The summed E-state index contributed by atoms with van der Waals surface area (Å²) < 4.78 is 26.7. The molecular weight excluding hydrogens is 304 g/mol. The molecule has 0 saturated carbocycles. The zero-order valence-corrected chi connectivity index (χ0v) is 12.6. The molecule has 1 aromatic rings. The van der Waals surface area contributed by atoms with Gasteiger partial charge in [0, 0.05) is 6.54 Å². The van der Waals surface area contributed by atoms with Gasteiger partial charge in [0.25, 0.3) is 0 Å². The molecule has 0 amide bonds. The van der Waals surface area contributed by atoms with Crippen molar-refractivity contribution in [2.75, 3.05) is 6.54 Å². The lowest BCUT2D eigenvalue weighted by atomic mass is 10.1. The van der Waals surface area contributed by atoms with Crippen molar-refractivity contribution in [3.8, 4) is 0 Å². The summed E-state index contributed by atoms with van der Waals surface area (Å²) in [4.78, 5) is 0.329. The Bertz CT molecular complexity index is 589. The maximum Gasteiger partial charge on any atom is 0.245 e. The quantitative estimate of drug-likeness (QED) is 0.868. The van der Waals surface area contributed by atoms with E-state index in [4.69, 9.17) is 29.6 Å². The molecule has 1 aliphatic rings. The number of benzene rings is 1. The molecule has 1 aliphatic heterocycles. The minimum atomic E-state index is -3.65. The summed E-state index contributed by atoms with van der Waals surface area (Å²) in [6, 6.07) is 6.00. The molecule has 0 aromatic heterocycles. The fraction of sp³-hybridized carbons (Fsp3) is 0.417. The Morgan fingerprint density at radius 2 is 2.05 bits per heavy atom. The molecule has 1 aromatic carbocycles. The molecule has 1 unspecified atom stereocenters. The van der Waals surface area contributed by atoms with Gasteiger partial charge < -0.3 is 5.73 Å². The van der Waals surface area contributed by atoms with Gasteiger partial charge in [-0.1, -0.05) is 42.4 Å². The van der Waals surface area contributed by atoms with Crippen LogP contribution in [0.15, 0.2) is 29.2 Å². The molecule has 0 spiro atoms. The average molecular weight is 319 g/mol. The monoisotopic (exact) mass is 318 g/mol. The van der Waals surface area contributed by atoms with Crippen LogP contribution in [0.5, 0.6) is 0 Å². The van der Waals surface area contributed by atoms with E-state index < -0.39 is 16.1 Å². The van der Waals surface area contributed by atoms with E-state index in [1.807, 2.05) is 0 Å². The van der Waals surface area contributed by atoms with Gasteiger partial charge in [-0.05, 0) is 25.0 Å². The van der Waals surface area contributed by atoms with E-state index in [0.29, 0.717) is 13.0 Å². The highest BCUT2D eigenvalue weighted by Gasteiger charge is 2.35. The van der Waals surface area contributed by atoms with E-state index in [1.165, 1.54) is 10.4 Å². The second-order valence-corrected chi connectivity index (χ2v) is 7.20. The fourth-order valence-electron chi connectivity index (χ4n) is 2.26. The summed E-state index contributed by atoms with van der Waals surface area (Å²) in [6.07, 6.45) is 2.40. The third-order valence-corrected chi connectivity index (χ3v) is 5.89. The van der Waals surface area contributed by atoms with Gasteiger partial charge in [-0.3, -0.25) is 0 Å². The first kappa shape index (κ1) is 14.7. The number of nitrogens with zero attached hydrogens (tertiary/aromatic N) is 1. The second kappa shape index (κ2) is 5.75. The molecule has 2 N–H and O–H groups in total. The predicted octanol–water partition coefficient (Wildman–Crippen LogP) is 2.17. The number of sulfonamides is 1.